The summed E-state index contributed by atoms with van der Waals surface area (Å²) >= 11 is 0. The Balaban J connectivity index is 1.43. The van der Waals surface area contributed by atoms with Gasteiger partial charge in [0.25, 0.3) is 0 Å². The SMILES string of the molecule is Cc1cc(-c2cn([C@H]3[C@@H]4CN(CCF)C[C@@H]43)c(C3CC3)n2)cnc1N. The van der Waals surface area contributed by atoms with Gasteiger partial charge >= 0.3 is 0 Å². The van der Waals surface area contributed by atoms with Gasteiger partial charge in [0.15, 0.2) is 0 Å². The van der Waals surface area contributed by atoms with Crippen molar-refractivity contribution in [3.63, 3.8) is 0 Å². The van der Waals surface area contributed by atoms with Gasteiger partial charge in [0.1, 0.15) is 18.3 Å². The fraction of sp³-hybridized carbons (Fsp3) is 0.579. The number of alkyl halides is 1. The lowest BCUT2D eigenvalue weighted by molar-refractivity contribution is 0.257. The van der Waals surface area contributed by atoms with Crippen LogP contribution in [0.5, 0.6) is 0 Å². The van der Waals surface area contributed by atoms with Crippen molar-refractivity contribution < 1.29 is 4.39 Å². The highest BCUT2D eigenvalue weighted by Gasteiger charge is 2.57. The molecule has 0 amide bonds. The number of nitrogen functional groups attached to an aromatic ring is 1. The summed E-state index contributed by atoms with van der Waals surface area (Å²) in [4.78, 5) is 11.5. The number of nitrogens with zero attached hydrogens (tertiary/aromatic N) is 4. The Morgan fingerprint density at radius 1 is 1.28 bits per heavy atom. The Hall–Kier alpha value is -1.95. The number of halogens is 1. The zero-order valence-electron chi connectivity index (χ0n) is 14.5. The molecule has 3 aliphatic rings. The molecule has 2 aromatic rings. The molecule has 2 saturated carbocycles. The van der Waals surface area contributed by atoms with Gasteiger partial charge in [-0.15, -0.1) is 0 Å². The van der Waals surface area contributed by atoms with Crippen LogP contribution < -0.4 is 5.73 Å². The van der Waals surface area contributed by atoms with Crippen molar-refractivity contribution in [3.8, 4) is 11.3 Å². The van der Waals surface area contributed by atoms with Crippen molar-refractivity contribution in [1.29, 1.82) is 0 Å². The summed E-state index contributed by atoms with van der Waals surface area (Å²) in [7, 11) is 0. The molecule has 0 spiro atoms. The smallest absolute Gasteiger partial charge is 0.126 e. The van der Waals surface area contributed by atoms with E-state index in [0.717, 1.165) is 29.9 Å². The summed E-state index contributed by atoms with van der Waals surface area (Å²) < 4.78 is 15.0. The van der Waals surface area contributed by atoms with Crippen LogP contribution in [-0.2, 0) is 0 Å². The van der Waals surface area contributed by atoms with E-state index in [-0.39, 0.29) is 6.67 Å². The number of rotatable bonds is 5. The van der Waals surface area contributed by atoms with Gasteiger partial charge in [0.2, 0.25) is 0 Å². The van der Waals surface area contributed by atoms with Crippen LogP contribution in [0.2, 0.25) is 0 Å². The van der Waals surface area contributed by atoms with E-state index in [1.165, 1.54) is 18.7 Å². The number of hydrogen-bond acceptors (Lipinski definition) is 4. The Morgan fingerprint density at radius 3 is 2.68 bits per heavy atom. The third-order valence-corrected chi connectivity index (χ3v) is 6.06. The van der Waals surface area contributed by atoms with Gasteiger partial charge < -0.3 is 15.2 Å². The topological polar surface area (TPSA) is 60.0 Å². The second-order valence-corrected chi connectivity index (χ2v) is 7.86. The van der Waals surface area contributed by atoms with Crippen molar-refractivity contribution in [2.24, 2.45) is 11.8 Å². The van der Waals surface area contributed by atoms with Crippen LogP contribution in [0.15, 0.2) is 18.5 Å². The lowest BCUT2D eigenvalue weighted by Gasteiger charge is -2.18. The van der Waals surface area contributed by atoms with Gasteiger partial charge in [-0.3, -0.25) is 0 Å². The zero-order valence-corrected chi connectivity index (χ0v) is 14.5. The molecule has 0 bridgehead atoms. The van der Waals surface area contributed by atoms with Crippen LogP contribution in [0.3, 0.4) is 0 Å². The van der Waals surface area contributed by atoms with Crippen molar-refractivity contribution >= 4 is 5.82 Å². The van der Waals surface area contributed by atoms with E-state index < -0.39 is 0 Å². The number of imidazole rings is 1. The number of pyridine rings is 1. The van der Waals surface area contributed by atoms with Crippen LogP contribution in [0, 0.1) is 18.8 Å². The molecule has 0 aromatic carbocycles. The fourth-order valence-electron chi connectivity index (χ4n) is 4.45. The monoisotopic (exact) mass is 341 g/mol. The molecular formula is C19H24FN5. The first-order valence-corrected chi connectivity index (χ1v) is 9.25. The van der Waals surface area contributed by atoms with Crippen LogP contribution in [0.4, 0.5) is 10.2 Å². The van der Waals surface area contributed by atoms with E-state index in [9.17, 15) is 4.39 Å². The maximum absolute atomic E-state index is 12.6. The van der Waals surface area contributed by atoms with Gasteiger partial charge in [-0.25, -0.2) is 14.4 Å². The van der Waals surface area contributed by atoms with Gasteiger partial charge in [-0.2, -0.15) is 0 Å². The summed E-state index contributed by atoms with van der Waals surface area (Å²) in [6, 6.07) is 2.62. The van der Waals surface area contributed by atoms with Crippen LogP contribution >= 0.6 is 0 Å². The first kappa shape index (κ1) is 15.3. The molecule has 5 rings (SSSR count). The van der Waals surface area contributed by atoms with Crippen molar-refractivity contribution in [2.45, 2.75) is 31.7 Å². The summed E-state index contributed by atoms with van der Waals surface area (Å²) in [6.45, 7) is 4.38. The number of anilines is 1. The molecule has 25 heavy (non-hydrogen) atoms. The van der Waals surface area contributed by atoms with E-state index in [1.807, 2.05) is 13.1 Å². The highest BCUT2D eigenvalue weighted by molar-refractivity contribution is 5.61. The molecule has 0 radical (unpaired) electrons. The van der Waals surface area contributed by atoms with E-state index in [2.05, 4.69) is 26.7 Å². The Labute approximate surface area is 147 Å². The van der Waals surface area contributed by atoms with E-state index in [4.69, 9.17) is 10.7 Å². The third-order valence-electron chi connectivity index (χ3n) is 6.06. The first-order chi connectivity index (χ1) is 12.2. The molecule has 1 saturated heterocycles. The van der Waals surface area contributed by atoms with Gasteiger partial charge in [-0.05, 0) is 43.2 Å². The average Bonchev–Trinajstić information content (AvgIpc) is 3.47. The lowest BCUT2D eigenvalue weighted by Crippen LogP contribution is -2.27. The van der Waals surface area contributed by atoms with Crippen LogP contribution in [0.25, 0.3) is 11.3 Å². The van der Waals surface area contributed by atoms with Gasteiger partial charge in [0, 0.05) is 49.6 Å². The molecule has 2 aromatic heterocycles. The lowest BCUT2D eigenvalue weighted by atomic mass is 10.1. The number of aryl methyl sites for hydroxylation is 1. The summed E-state index contributed by atoms with van der Waals surface area (Å²) in [5.74, 6) is 3.76. The first-order valence-electron chi connectivity index (χ1n) is 9.25. The molecule has 132 valence electrons. The number of fused-ring (bicyclic) bond motifs is 1. The molecule has 3 heterocycles. The average molecular weight is 341 g/mol. The Bertz CT molecular complexity index is 800. The second kappa shape index (κ2) is 5.53. The molecule has 6 heteroatoms. The fourth-order valence-corrected chi connectivity index (χ4v) is 4.45. The summed E-state index contributed by atoms with van der Waals surface area (Å²) in [6.07, 6.45) is 6.52. The highest BCUT2D eigenvalue weighted by Crippen LogP contribution is 2.57. The maximum atomic E-state index is 12.6. The number of aromatic nitrogens is 3. The molecule has 3 fully saturated rings. The minimum Gasteiger partial charge on any atom is -0.383 e. The summed E-state index contributed by atoms with van der Waals surface area (Å²) in [5, 5.41) is 0. The molecule has 3 atom stereocenters. The maximum Gasteiger partial charge on any atom is 0.126 e. The molecule has 5 nitrogen and oxygen atoms in total. The zero-order chi connectivity index (χ0) is 17.1. The standard InChI is InChI=1S/C19H24FN5/c1-11-6-13(7-22-18(11)21)16-10-25(19(23-16)12-2-3-12)17-14-8-24(5-4-20)9-15(14)17/h6-7,10,12,14-15,17H,2-5,8-9H2,1H3,(H2,21,22)/t14-,15+,17+. The molecule has 1 aliphatic heterocycles. The number of piperidine rings is 1. The minimum atomic E-state index is -0.240. The predicted octanol–water partition coefficient (Wildman–Crippen LogP) is 2.79. The van der Waals surface area contributed by atoms with Crippen molar-refractivity contribution in [3.05, 3.63) is 29.8 Å². The van der Waals surface area contributed by atoms with Crippen LogP contribution in [0.1, 0.15) is 36.2 Å². The predicted molar refractivity (Wildman–Crippen MR) is 95.0 cm³/mol. The Morgan fingerprint density at radius 2 is 2.04 bits per heavy atom. The number of likely N-dealkylation sites (tertiary alicyclic amines) is 1. The van der Waals surface area contributed by atoms with Gasteiger partial charge in [0.05, 0.1) is 5.69 Å². The van der Waals surface area contributed by atoms with E-state index >= 15 is 0 Å². The highest BCUT2D eigenvalue weighted by atomic mass is 19.1. The number of nitrogens with two attached hydrogens (primary N) is 1. The normalized spacial score (nSPS) is 28.3. The molecule has 0 unspecified atom stereocenters. The van der Waals surface area contributed by atoms with E-state index in [1.54, 1.807) is 0 Å². The molecule has 2 N–H and O–H groups in total. The quantitative estimate of drug-likeness (QED) is 0.908. The van der Waals surface area contributed by atoms with Crippen molar-refractivity contribution in [2.75, 3.05) is 32.0 Å². The molecule has 2 aliphatic carbocycles. The van der Waals surface area contributed by atoms with Crippen molar-refractivity contribution in [1.82, 2.24) is 19.4 Å². The second-order valence-electron chi connectivity index (χ2n) is 7.86. The third kappa shape index (κ3) is 2.54. The molecular weight excluding hydrogens is 317 g/mol. The van der Waals surface area contributed by atoms with Gasteiger partial charge in [-0.1, -0.05) is 0 Å². The Kier molecular flexibility index (Phi) is 3.39. The number of hydrogen-bond donors (Lipinski definition) is 1. The minimum absolute atomic E-state index is 0.240. The van der Waals surface area contributed by atoms with Crippen LogP contribution in [-0.4, -0.2) is 45.7 Å². The summed E-state index contributed by atoms with van der Waals surface area (Å²) in [5.41, 5.74) is 8.88. The largest absolute Gasteiger partial charge is 0.383 e. The van der Waals surface area contributed by atoms with E-state index in [0.29, 0.717) is 36.2 Å².